The lowest BCUT2D eigenvalue weighted by molar-refractivity contribution is -0.178. The third-order valence-corrected chi connectivity index (χ3v) is 1.94. The molecule has 8 nitrogen and oxygen atoms in total. The summed E-state index contributed by atoms with van der Waals surface area (Å²) in [5.41, 5.74) is -0.812. The zero-order valence-corrected chi connectivity index (χ0v) is 10.5. The van der Waals surface area contributed by atoms with Gasteiger partial charge in [0, 0.05) is 12.1 Å². The van der Waals surface area contributed by atoms with E-state index in [1.807, 2.05) is 0 Å². The highest BCUT2D eigenvalue weighted by molar-refractivity contribution is 5.91. The summed E-state index contributed by atoms with van der Waals surface area (Å²) < 4.78 is 5.08. The van der Waals surface area contributed by atoms with Gasteiger partial charge in [0.25, 0.3) is 5.75 Å². The molecular formula is C11H14O8. The highest BCUT2D eigenvalue weighted by Crippen LogP contribution is 2.38. The summed E-state index contributed by atoms with van der Waals surface area (Å²) in [5.74, 6) is -2.12. The molecule has 19 heavy (non-hydrogen) atoms. The molecule has 0 aliphatic carbocycles. The molecule has 0 bridgehead atoms. The number of rotatable bonds is 4. The summed E-state index contributed by atoms with van der Waals surface area (Å²) >= 11 is 0. The second kappa shape index (κ2) is 5.74. The van der Waals surface area contributed by atoms with Crippen LogP contribution < -0.4 is 14.7 Å². The van der Waals surface area contributed by atoms with Crippen molar-refractivity contribution < 1.29 is 40.0 Å². The molecule has 0 aliphatic rings. The molecular weight excluding hydrogens is 260 g/mol. The van der Waals surface area contributed by atoms with E-state index in [9.17, 15) is 4.79 Å². The highest BCUT2D eigenvalue weighted by atomic mass is 17.1. The maximum atomic E-state index is 11.8. The van der Waals surface area contributed by atoms with Crippen molar-refractivity contribution in [2.24, 2.45) is 0 Å². The van der Waals surface area contributed by atoms with E-state index >= 15 is 0 Å². The van der Waals surface area contributed by atoms with Gasteiger partial charge in [0.15, 0.2) is 0 Å². The van der Waals surface area contributed by atoms with Crippen LogP contribution in [0.2, 0.25) is 0 Å². The Bertz CT molecular complexity index is 437. The Morgan fingerprint density at radius 1 is 1.00 bits per heavy atom. The second-order valence-corrected chi connectivity index (χ2v) is 4.58. The average Bonchev–Trinajstić information content (AvgIpc) is 2.34. The van der Waals surface area contributed by atoms with E-state index in [0.29, 0.717) is 0 Å². The van der Waals surface area contributed by atoms with Crippen LogP contribution in [0.25, 0.3) is 0 Å². The number of hydrogen-bond acceptors (Lipinski definition) is 8. The third-order valence-electron chi connectivity index (χ3n) is 1.94. The van der Waals surface area contributed by atoms with Crippen molar-refractivity contribution in [1.29, 1.82) is 0 Å². The number of carbonyl (C=O) groups is 1. The number of esters is 1. The maximum absolute atomic E-state index is 11.8. The maximum Gasteiger partial charge on any atom is 0.338 e. The Morgan fingerprint density at radius 2 is 1.47 bits per heavy atom. The van der Waals surface area contributed by atoms with E-state index in [-0.39, 0.29) is 5.56 Å². The monoisotopic (exact) mass is 274 g/mol. The van der Waals surface area contributed by atoms with Gasteiger partial charge in [-0.25, -0.2) is 20.6 Å². The standard InChI is InChI=1S/C11H14O8/c1-11(2,3)16-10(12)6-4-7(17-13)9(19-15)8(5-6)18-14/h4-5,13-15H,1-3H3. The zero-order chi connectivity index (χ0) is 14.6. The van der Waals surface area contributed by atoms with Crippen LogP contribution in [0.1, 0.15) is 31.1 Å². The number of hydrogen-bond donors (Lipinski definition) is 3. The minimum atomic E-state index is -0.742. The van der Waals surface area contributed by atoms with Gasteiger partial charge in [-0.1, -0.05) is 0 Å². The quantitative estimate of drug-likeness (QED) is 0.435. The van der Waals surface area contributed by atoms with E-state index in [1.165, 1.54) is 0 Å². The lowest BCUT2D eigenvalue weighted by atomic mass is 10.1. The topological polar surface area (TPSA) is 115 Å². The smallest absolute Gasteiger partial charge is 0.338 e. The summed E-state index contributed by atoms with van der Waals surface area (Å²) in [6.07, 6.45) is 0. The first-order valence-electron chi connectivity index (χ1n) is 5.18. The van der Waals surface area contributed by atoms with Crippen molar-refractivity contribution >= 4 is 5.97 Å². The van der Waals surface area contributed by atoms with Crippen molar-refractivity contribution in [2.75, 3.05) is 0 Å². The summed E-state index contributed by atoms with van der Waals surface area (Å²) in [6, 6.07) is 2.09. The molecule has 106 valence electrons. The predicted molar refractivity (Wildman–Crippen MR) is 61.4 cm³/mol. The van der Waals surface area contributed by atoms with E-state index < -0.39 is 28.8 Å². The molecule has 1 aromatic rings. The van der Waals surface area contributed by atoms with Crippen molar-refractivity contribution in [1.82, 2.24) is 0 Å². The molecule has 0 radical (unpaired) electrons. The van der Waals surface area contributed by atoms with Crippen LogP contribution in [-0.2, 0) is 4.74 Å². The van der Waals surface area contributed by atoms with E-state index in [2.05, 4.69) is 14.7 Å². The van der Waals surface area contributed by atoms with Gasteiger partial charge in [0.05, 0.1) is 5.56 Å². The molecule has 0 spiro atoms. The molecule has 0 aromatic heterocycles. The Labute approximate surface area is 108 Å². The lowest BCUT2D eigenvalue weighted by Gasteiger charge is -2.19. The van der Waals surface area contributed by atoms with Gasteiger partial charge in [-0.05, 0) is 20.8 Å². The van der Waals surface area contributed by atoms with Gasteiger partial charge < -0.3 is 19.4 Å². The minimum Gasteiger partial charge on any atom is -0.456 e. The van der Waals surface area contributed by atoms with E-state index in [1.54, 1.807) is 20.8 Å². The fourth-order valence-corrected chi connectivity index (χ4v) is 1.26. The van der Waals surface area contributed by atoms with Crippen LogP contribution in [0.15, 0.2) is 12.1 Å². The van der Waals surface area contributed by atoms with Gasteiger partial charge in [-0.3, -0.25) is 0 Å². The summed E-state index contributed by atoms with van der Waals surface area (Å²) in [6.45, 7) is 5.01. The van der Waals surface area contributed by atoms with Crippen molar-refractivity contribution in [3.05, 3.63) is 17.7 Å². The van der Waals surface area contributed by atoms with Crippen molar-refractivity contribution in [3.8, 4) is 17.2 Å². The van der Waals surface area contributed by atoms with Gasteiger partial charge in [-0.15, -0.1) is 0 Å². The largest absolute Gasteiger partial charge is 0.456 e. The first-order valence-corrected chi connectivity index (χ1v) is 5.18. The molecule has 3 N–H and O–H groups in total. The molecule has 8 heteroatoms. The minimum absolute atomic E-state index is 0.0798. The first kappa shape index (κ1) is 15.0. The van der Waals surface area contributed by atoms with Crippen LogP contribution in [0, 0.1) is 0 Å². The van der Waals surface area contributed by atoms with Gasteiger partial charge in [0.2, 0.25) is 11.5 Å². The summed E-state index contributed by atoms with van der Waals surface area (Å²) in [4.78, 5) is 23.5. The average molecular weight is 274 g/mol. The Balaban J connectivity index is 3.19. The Morgan fingerprint density at radius 3 is 1.79 bits per heavy atom. The summed E-state index contributed by atoms with van der Waals surface area (Å²) in [5, 5.41) is 25.8. The van der Waals surface area contributed by atoms with Crippen molar-refractivity contribution in [3.63, 3.8) is 0 Å². The molecule has 1 aromatic carbocycles. The van der Waals surface area contributed by atoms with Gasteiger partial charge >= 0.3 is 5.97 Å². The number of carbonyl (C=O) groups excluding carboxylic acids is 1. The Hall–Kier alpha value is -2.03. The molecule has 1 rings (SSSR count). The van der Waals surface area contributed by atoms with Crippen LogP contribution in [0.5, 0.6) is 17.2 Å². The SMILES string of the molecule is CC(C)(C)OC(=O)c1cc(OO)c(OO)c(OO)c1. The predicted octanol–water partition coefficient (Wildman–Crippen LogP) is 2.20. The lowest BCUT2D eigenvalue weighted by Crippen LogP contribution is -2.24. The first-order chi connectivity index (χ1) is 8.82. The molecule has 0 fully saturated rings. The second-order valence-electron chi connectivity index (χ2n) is 4.58. The van der Waals surface area contributed by atoms with E-state index in [4.69, 9.17) is 20.5 Å². The molecule has 0 atom stereocenters. The highest BCUT2D eigenvalue weighted by Gasteiger charge is 2.23. The number of benzene rings is 1. The normalized spacial score (nSPS) is 10.8. The van der Waals surface area contributed by atoms with Gasteiger partial charge in [0.1, 0.15) is 5.60 Å². The fourth-order valence-electron chi connectivity index (χ4n) is 1.26. The van der Waals surface area contributed by atoms with Crippen LogP contribution in [0.4, 0.5) is 0 Å². The zero-order valence-electron chi connectivity index (χ0n) is 10.5. The molecule has 0 amide bonds. The molecule has 0 unspecified atom stereocenters. The fraction of sp³-hybridized carbons (Fsp3) is 0.364. The molecule has 0 saturated heterocycles. The molecule has 0 aliphatic heterocycles. The van der Waals surface area contributed by atoms with Crippen molar-refractivity contribution in [2.45, 2.75) is 26.4 Å². The van der Waals surface area contributed by atoms with E-state index in [0.717, 1.165) is 12.1 Å². The summed E-state index contributed by atoms with van der Waals surface area (Å²) in [7, 11) is 0. The third kappa shape index (κ3) is 3.71. The van der Waals surface area contributed by atoms with Crippen LogP contribution >= 0.6 is 0 Å². The molecule has 0 saturated carbocycles. The number of ether oxygens (including phenoxy) is 1. The van der Waals surface area contributed by atoms with Crippen LogP contribution in [0.3, 0.4) is 0 Å². The van der Waals surface area contributed by atoms with Gasteiger partial charge in [-0.2, -0.15) is 0 Å². The van der Waals surface area contributed by atoms with Crippen LogP contribution in [-0.4, -0.2) is 27.3 Å². The molecule has 0 heterocycles. The Kier molecular flexibility index (Phi) is 4.54.